The highest BCUT2D eigenvalue weighted by Crippen LogP contribution is 2.30. The molecule has 8 nitrogen and oxygen atoms in total. The van der Waals surface area contributed by atoms with Gasteiger partial charge in [0, 0.05) is 25.2 Å². The number of hydrogen-bond acceptors (Lipinski definition) is 6. The summed E-state index contributed by atoms with van der Waals surface area (Å²) in [7, 11) is -0.646. The fourth-order valence-corrected chi connectivity index (χ4v) is 6.41. The summed E-state index contributed by atoms with van der Waals surface area (Å²) in [6.45, 7) is 3.36. The molecule has 0 saturated carbocycles. The van der Waals surface area contributed by atoms with Gasteiger partial charge in [0.15, 0.2) is 0 Å². The van der Waals surface area contributed by atoms with Crippen molar-refractivity contribution in [3.63, 3.8) is 0 Å². The second-order valence-electron chi connectivity index (χ2n) is 8.72. The molecule has 0 spiro atoms. The quantitative estimate of drug-likeness (QED) is 0.585. The van der Waals surface area contributed by atoms with E-state index in [0.29, 0.717) is 25.2 Å². The molecule has 0 radical (unpaired) electrons. The summed E-state index contributed by atoms with van der Waals surface area (Å²) < 4.78 is 38.4. The average molecular weight is 488 g/mol. The Morgan fingerprint density at radius 2 is 1.59 bits per heavy atom. The average Bonchev–Trinajstić information content (AvgIpc) is 3.59. The Kier molecular flexibility index (Phi) is 7.75. The SMILES string of the molecule is COc1ccc([C@@H](CNC(=O)c2ccc(OC)c(S(=O)(=O)N3CCCC3)c2)N2CCCC2)cc1. The summed E-state index contributed by atoms with van der Waals surface area (Å²) in [5, 5.41) is 3.03. The van der Waals surface area contributed by atoms with Gasteiger partial charge in [-0.3, -0.25) is 9.69 Å². The molecule has 2 aromatic rings. The van der Waals surface area contributed by atoms with Crippen LogP contribution in [-0.4, -0.2) is 70.5 Å². The van der Waals surface area contributed by atoms with E-state index in [9.17, 15) is 13.2 Å². The van der Waals surface area contributed by atoms with Gasteiger partial charge in [0.2, 0.25) is 10.0 Å². The molecular formula is C25H33N3O5S. The summed E-state index contributed by atoms with van der Waals surface area (Å²) in [5.74, 6) is 0.729. The van der Waals surface area contributed by atoms with E-state index in [4.69, 9.17) is 9.47 Å². The number of rotatable bonds is 9. The highest BCUT2D eigenvalue weighted by Gasteiger charge is 2.31. The number of carbonyl (C=O) groups excluding carboxylic acids is 1. The van der Waals surface area contributed by atoms with Gasteiger partial charge in [-0.1, -0.05) is 12.1 Å². The van der Waals surface area contributed by atoms with Crippen molar-refractivity contribution in [2.75, 3.05) is 46.9 Å². The van der Waals surface area contributed by atoms with Gasteiger partial charge in [0.1, 0.15) is 16.4 Å². The molecule has 0 bridgehead atoms. The van der Waals surface area contributed by atoms with Gasteiger partial charge >= 0.3 is 0 Å². The summed E-state index contributed by atoms with van der Waals surface area (Å²) in [6.07, 6.45) is 3.95. The van der Waals surface area contributed by atoms with Crippen LogP contribution in [0.15, 0.2) is 47.4 Å². The van der Waals surface area contributed by atoms with E-state index in [1.807, 2.05) is 24.3 Å². The van der Waals surface area contributed by atoms with Crippen LogP contribution in [0.4, 0.5) is 0 Å². The normalized spacial score (nSPS) is 18.1. The zero-order valence-corrected chi connectivity index (χ0v) is 20.6. The fraction of sp³-hybridized carbons (Fsp3) is 0.480. The van der Waals surface area contributed by atoms with E-state index >= 15 is 0 Å². The number of sulfonamides is 1. The molecular weight excluding hydrogens is 454 g/mol. The highest BCUT2D eigenvalue weighted by molar-refractivity contribution is 7.89. The van der Waals surface area contributed by atoms with Crippen LogP contribution < -0.4 is 14.8 Å². The number of nitrogens with zero attached hydrogens (tertiary/aromatic N) is 2. The lowest BCUT2D eigenvalue weighted by Crippen LogP contribution is -2.37. The lowest BCUT2D eigenvalue weighted by atomic mass is 10.0. The lowest BCUT2D eigenvalue weighted by molar-refractivity contribution is 0.0937. The molecule has 2 heterocycles. The molecule has 0 unspecified atom stereocenters. The number of hydrogen-bond donors (Lipinski definition) is 1. The second-order valence-corrected chi connectivity index (χ2v) is 10.6. The number of methoxy groups -OCH3 is 2. The maximum atomic E-state index is 13.2. The molecule has 0 aromatic heterocycles. The van der Waals surface area contributed by atoms with Gasteiger partial charge in [-0.15, -0.1) is 0 Å². The van der Waals surface area contributed by atoms with Crippen LogP contribution in [0.5, 0.6) is 11.5 Å². The number of ether oxygens (including phenoxy) is 2. The Bertz CT molecular complexity index is 1090. The van der Waals surface area contributed by atoms with Crippen molar-refractivity contribution in [1.29, 1.82) is 0 Å². The van der Waals surface area contributed by atoms with Crippen LogP contribution in [0.25, 0.3) is 0 Å². The molecule has 1 atom stereocenters. The minimum atomic E-state index is -3.72. The molecule has 184 valence electrons. The Balaban J connectivity index is 1.53. The second kappa shape index (κ2) is 10.8. The van der Waals surface area contributed by atoms with Crippen LogP contribution in [-0.2, 0) is 10.0 Å². The molecule has 4 rings (SSSR count). The van der Waals surface area contributed by atoms with Crippen LogP contribution in [0.2, 0.25) is 0 Å². The van der Waals surface area contributed by atoms with Crippen LogP contribution >= 0.6 is 0 Å². The number of amides is 1. The molecule has 0 aliphatic carbocycles. The van der Waals surface area contributed by atoms with E-state index in [1.54, 1.807) is 19.2 Å². The Morgan fingerprint density at radius 3 is 2.21 bits per heavy atom. The van der Waals surface area contributed by atoms with Crippen molar-refractivity contribution in [2.24, 2.45) is 0 Å². The van der Waals surface area contributed by atoms with Crippen LogP contribution in [0, 0.1) is 0 Å². The van der Waals surface area contributed by atoms with Gasteiger partial charge in [0.05, 0.1) is 20.3 Å². The van der Waals surface area contributed by atoms with Crippen molar-refractivity contribution < 1.29 is 22.7 Å². The minimum Gasteiger partial charge on any atom is -0.497 e. The molecule has 2 aliphatic heterocycles. The predicted octanol–water partition coefficient (Wildman–Crippen LogP) is 3.06. The van der Waals surface area contributed by atoms with Crippen LogP contribution in [0.3, 0.4) is 0 Å². The Hall–Kier alpha value is -2.62. The zero-order chi connectivity index (χ0) is 24.1. The highest BCUT2D eigenvalue weighted by atomic mass is 32.2. The number of carbonyl (C=O) groups is 1. The van der Waals surface area contributed by atoms with Crippen molar-refractivity contribution in [3.8, 4) is 11.5 Å². The smallest absolute Gasteiger partial charge is 0.251 e. The molecule has 2 aliphatic rings. The summed E-state index contributed by atoms with van der Waals surface area (Å²) >= 11 is 0. The van der Waals surface area contributed by atoms with Crippen molar-refractivity contribution >= 4 is 15.9 Å². The first-order chi connectivity index (χ1) is 16.4. The number of nitrogens with one attached hydrogen (secondary N) is 1. The van der Waals surface area contributed by atoms with E-state index < -0.39 is 10.0 Å². The molecule has 2 fully saturated rings. The third-order valence-electron chi connectivity index (χ3n) is 6.65. The molecule has 2 saturated heterocycles. The first-order valence-electron chi connectivity index (χ1n) is 11.8. The molecule has 1 N–H and O–H groups in total. The summed E-state index contributed by atoms with van der Waals surface area (Å²) in [6, 6.07) is 12.5. The zero-order valence-electron chi connectivity index (χ0n) is 19.8. The number of likely N-dealkylation sites (tertiary alicyclic amines) is 1. The van der Waals surface area contributed by atoms with Gasteiger partial charge in [-0.2, -0.15) is 4.31 Å². The Morgan fingerprint density at radius 1 is 0.941 bits per heavy atom. The van der Waals surface area contributed by atoms with Gasteiger partial charge < -0.3 is 14.8 Å². The van der Waals surface area contributed by atoms with Gasteiger partial charge in [-0.05, 0) is 74.7 Å². The van der Waals surface area contributed by atoms with Crippen molar-refractivity contribution in [1.82, 2.24) is 14.5 Å². The predicted molar refractivity (Wildman–Crippen MR) is 130 cm³/mol. The van der Waals surface area contributed by atoms with Crippen molar-refractivity contribution in [2.45, 2.75) is 36.6 Å². The monoisotopic (exact) mass is 487 g/mol. The summed E-state index contributed by atoms with van der Waals surface area (Å²) in [4.78, 5) is 15.5. The summed E-state index contributed by atoms with van der Waals surface area (Å²) in [5.41, 5.74) is 1.41. The maximum absolute atomic E-state index is 13.2. The van der Waals surface area contributed by atoms with E-state index in [0.717, 1.165) is 50.1 Å². The Labute approximate surface area is 201 Å². The molecule has 1 amide bonds. The van der Waals surface area contributed by atoms with Gasteiger partial charge in [-0.25, -0.2) is 8.42 Å². The topological polar surface area (TPSA) is 88.2 Å². The maximum Gasteiger partial charge on any atom is 0.251 e. The van der Waals surface area contributed by atoms with E-state index in [1.165, 1.54) is 17.5 Å². The molecule has 9 heteroatoms. The van der Waals surface area contributed by atoms with Crippen LogP contribution in [0.1, 0.15) is 47.6 Å². The minimum absolute atomic E-state index is 0.0309. The largest absolute Gasteiger partial charge is 0.497 e. The molecule has 34 heavy (non-hydrogen) atoms. The first kappa shape index (κ1) is 24.5. The first-order valence-corrected chi connectivity index (χ1v) is 13.2. The molecule has 2 aromatic carbocycles. The fourth-order valence-electron chi connectivity index (χ4n) is 4.72. The van der Waals surface area contributed by atoms with E-state index in [2.05, 4.69) is 10.2 Å². The standard InChI is InChI=1S/C25H33N3O5S/c1-32-21-10-7-19(8-11-21)22(27-13-3-4-14-27)18-26-25(29)20-9-12-23(33-2)24(17-20)34(30,31)28-15-5-6-16-28/h7-12,17,22H,3-6,13-16,18H2,1-2H3,(H,26,29)/t22-/m1/s1. The third-order valence-corrected chi connectivity index (χ3v) is 8.57. The third kappa shape index (κ3) is 5.21. The van der Waals surface area contributed by atoms with Gasteiger partial charge in [0.25, 0.3) is 5.91 Å². The lowest BCUT2D eigenvalue weighted by Gasteiger charge is -2.28. The number of benzene rings is 2. The van der Waals surface area contributed by atoms with E-state index in [-0.39, 0.29) is 22.6 Å². The van der Waals surface area contributed by atoms with Crippen molar-refractivity contribution in [3.05, 3.63) is 53.6 Å².